The minimum Gasteiger partial charge on any atom is -0.465 e. The van der Waals surface area contributed by atoms with Gasteiger partial charge in [-0.25, -0.2) is 14.8 Å². The number of fused-ring (bicyclic) bond motifs is 4. The Hall–Kier alpha value is -1.33. The zero-order valence-corrected chi connectivity index (χ0v) is 16.5. The maximum Gasteiger partial charge on any atom is 0.410 e. The molecule has 0 saturated heterocycles. The topological polar surface area (TPSA) is 83.8 Å². The van der Waals surface area contributed by atoms with Crippen LogP contribution in [-0.2, 0) is 5.54 Å². The van der Waals surface area contributed by atoms with Gasteiger partial charge in [0.1, 0.15) is 11.3 Å². The summed E-state index contributed by atoms with van der Waals surface area (Å²) in [6.07, 6.45) is 0.549. The molecule has 9 heteroatoms. The molecular weight excluding hydrogens is 509 g/mol. The van der Waals surface area contributed by atoms with Crippen molar-refractivity contribution in [3.8, 4) is 11.6 Å². The summed E-state index contributed by atoms with van der Waals surface area (Å²) in [5, 5.41) is 11.7. The molecule has 2 aromatic rings. The van der Waals surface area contributed by atoms with Crippen molar-refractivity contribution in [1.82, 2.24) is 10.3 Å². The van der Waals surface area contributed by atoms with Gasteiger partial charge in [0.2, 0.25) is 5.88 Å². The first kappa shape index (κ1) is 16.2. The number of halogens is 2. The van der Waals surface area contributed by atoms with Gasteiger partial charge in [0.05, 0.1) is 0 Å². The Morgan fingerprint density at radius 3 is 3.04 bits per heavy atom. The number of hydrogen-bond donors (Lipinski definition) is 2. The molecule has 1 unspecified atom stereocenters. The van der Waals surface area contributed by atoms with Crippen LogP contribution in [0.25, 0.3) is 0 Å². The lowest BCUT2D eigenvalue weighted by molar-refractivity contribution is 0.200. The number of hydrogen-bond acceptors (Lipinski definition) is 5. The Morgan fingerprint density at radius 2 is 2.25 bits per heavy atom. The summed E-state index contributed by atoms with van der Waals surface area (Å²) in [5.74, 6) is 1.76. The highest BCUT2D eigenvalue weighted by atomic mass is 127. The minimum atomic E-state index is -1.12. The van der Waals surface area contributed by atoms with Gasteiger partial charge in [-0.15, -0.1) is 0 Å². The molecule has 0 fully saturated rings. The first-order valence-electron chi connectivity index (χ1n) is 6.84. The van der Waals surface area contributed by atoms with E-state index < -0.39 is 11.6 Å². The van der Waals surface area contributed by atoms with E-state index >= 15 is 0 Å². The number of pyridine rings is 1. The Balaban J connectivity index is 1.96. The van der Waals surface area contributed by atoms with Crippen LogP contribution in [0.2, 0.25) is 0 Å². The maximum atomic E-state index is 11.0. The summed E-state index contributed by atoms with van der Waals surface area (Å²) in [5.41, 5.74) is 1.01. The van der Waals surface area contributed by atoms with Gasteiger partial charge >= 0.3 is 6.09 Å². The standard InChI is InChI=1S/C15H9BrIN3O3S/c16-7-3-10-12(18-5-7)23-11-2-1-8(17)4-9(11)15(10)6-24-13(20-15)19-14(21)22/h1-5H,6H2,(H,19,20)(H,21,22). The van der Waals surface area contributed by atoms with E-state index in [0.29, 0.717) is 22.6 Å². The molecule has 6 nitrogen and oxygen atoms in total. The molecular formula is C15H9BrIN3O3S. The summed E-state index contributed by atoms with van der Waals surface area (Å²) in [6, 6.07) is 7.81. The third-order valence-corrected chi connectivity index (χ3v) is 5.91. The molecule has 0 radical (unpaired) electrons. The molecule has 2 aliphatic heterocycles. The van der Waals surface area contributed by atoms with Crippen molar-refractivity contribution >= 4 is 61.5 Å². The van der Waals surface area contributed by atoms with Gasteiger partial charge in [-0.05, 0) is 62.8 Å². The molecule has 1 spiro atoms. The van der Waals surface area contributed by atoms with Crippen molar-refractivity contribution in [2.45, 2.75) is 5.54 Å². The van der Waals surface area contributed by atoms with Crippen molar-refractivity contribution in [3.05, 3.63) is 49.6 Å². The number of aliphatic imine (C=N–C) groups is 1. The van der Waals surface area contributed by atoms with E-state index in [4.69, 9.17) is 14.8 Å². The van der Waals surface area contributed by atoms with Crippen LogP contribution in [-0.4, -0.2) is 27.1 Å². The van der Waals surface area contributed by atoms with Gasteiger partial charge in [-0.3, -0.25) is 5.32 Å². The number of aromatic nitrogens is 1. The average Bonchev–Trinajstić information content (AvgIpc) is 2.93. The van der Waals surface area contributed by atoms with Gasteiger partial charge < -0.3 is 9.84 Å². The maximum absolute atomic E-state index is 11.0. The predicted octanol–water partition coefficient (Wildman–Crippen LogP) is 4.17. The van der Waals surface area contributed by atoms with Crippen molar-refractivity contribution in [1.29, 1.82) is 0 Å². The molecule has 122 valence electrons. The Kier molecular flexibility index (Phi) is 3.96. The van der Waals surface area contributed by atoms with E-state index in [0.717, 1.165) is 19.2 Å². The molecule has 0 bridgehead atoms. The minimum absolute atomic E-state index is 0.375. The average molecular weight is 518 g/mol. The van der Waals surface area contributed by atoms with Gasteiger partial charge in [0, 0.05) is 31.1 Å². The monoisotopic (exact) mass is 517 g/mol. The van der Waals surface area contributed by atoms with E-state index in [1.54, 1.807) is 6.20 Å². The normalized spacial score (nSPS) is 20.8. The highest BCUT2D eigenvalue weighted by molar-refractivity contribution is 14.1. The SMILES string of the molecule is O=C(O)NC1=NC2(CS1)c1cc(I)ccc1Oc1ncc(Br)cc12. The number of amides is 1. The summed E-state index contributed by atoms with van der Waals surface area (Å²) in [7, 11) is 0. The molecule has 3 heterocycles. The van der Waals surface area contributed by atoms with E-state index in [2.05, 4.69) is 48.8 Å². The number of thioether (sulfide) groups is 1. The van der Waals surface area contributed by atoms with Gasteiger partial charge in [0.25, 0.3) is 0 Å². The van der Waals surface area contributed by atoms with Crippen LogP contribution < -0.4 is 10.1 Å². The zero-order valence-electron chi connectivity index (χ0n) is 11.9. The third-order valence-electron chi connectivity index (χ3n) is 3.78. The van der Waals surface area contributed by atoms with Crippen LogP contribution in [0.3, 0.4) is 0 Å². The van der Waals surface area contributed by atoms with Gasteiger partial charge in [0.15, 0.2) is 5.17 Å². The molecule has 4 rings (SSSR count). The summed E-state index contributed by atoms with van der Waals surface area (Å²) in [6.45, 7) is 0. The number of nitrogens with zero attached hydrogens (tertiary/aromatic N) is 2. The van der Waals surface area contributed by atoms with Crippen molar-refractivity contribution < 1.29 is 14.6 Å². The molecule has 1 amide bonds. The van der Waals surface area contributed by atoms with Crippen LogP contribution in [0.1, 0.15) is 11.1 Å². The lowest BCUT2D eigenvalue weighted by Gasteiger charge is -2.33. The largest absolute Gasteiger partial charge is 0.465 e. The second-order valence-electron chi connectivity index (χ2n) is 5.24. The number of nitrogens with one attached hydrogen (secondary N) is 1. The highest BCUT2D eigenvalue weighted by Gasteiger charge is 2.47. The second-order valence-corrected chi connectivity index (χ2v) is 8.37. The van der Waals surface area contributed by atoms with Crippen molar-refractivity contribution in [2.75, 3.05) is 5.75 Å². The second kappa shape index (κ2) is 5.88. The van der Waals surface area contributed by atoms with Crippen LogP contribution in [0.5, 0.6) is 11.6 Å². The number of benzene rings is 1. The molecule has 2 aliphatic rings. The lowest BCUT2D eigenvalue weighted by Crippen LogP contribution is -2.31. The number of carboxylic acid groups (broad SMARTS) is 1. The molecule has 0 saturated carbocycles. The smallest absolute Gasteiger partial charge is 0.410 e. The number of amidine groups is 1. The van der Waals surface area contributed by atoms with Crippen molar-refractivity contribution in [2.24, 2.45) is 4.99 Å². The van der Waals surface area contributed by atoms with E-state index in [1.807, 2.05) is 24.3 Å². The molecule has 2 N–H and O–H groups in total. The first-order valence-corrected chi connectivity index (χ1v) is 9.70. The fraction of sp³-hybridized carbons (Fsp3) is 0.133. The fourth-order valence-corrected chi connectivity index (χ4v) is 4.73. The molecule has 0 aliphatic carbocycles. The van der Waals surface area contributed by atoms with E-state index in [-0.39, 0.29) is 0 Å². The Morgan fingerprint density at radius 1 is 1.42 bits per heavy atom. The Bertz CT molecular complexity index is 854. The molecule has 1 aromatic carbocycles. The highest BCUT2D eigenvalue weighted by Crippen LogP contribution is 2.53. The number of ether oxygens (including phenoxy) is 1. The molecule has 1 atom stereocenters. The third kappa shape index (κ3) is 2.58. The first-order chi connectivity index (χ1) is 11.5. The van der Waals surface area contributed by atoms with Crippen LogP contribution in [0, 0.1) is 3.57 Å². The van der Waals surface area contributed by atoms with Gasteiger partial charge in [-0.1, -0.05) is 11.8 Å². The summed E-state index contributed by atoms with van der Waals surface area (Å²) < 4.78 is 7.81. The van der Waals surface area contributed by atoms with Crippen molar-refractivity contribution in [3.63, 3.8) is 0 Å². The number of carbonyl (C=O) groups is 1. The van der Waals surface area contributed by atoms with Crippen LogP contribution >= 0.6 is 50.3 Å². The zero-order chi connectivity index (χ0) is 16.9. The predicted molar refractivity (Wildman–Crippen MR) is 103 cm³/mol. The van der Waals surface area contributed by atoms with Crippen LogP contribution in [0.15, 0.2) is 39.9 Å². The molecule has 1 aromatic heterocycles. The Labute approximate surface area is 163 Å². The number of rotatable bonds is 0. The summed E-state index contributed by atoms with van der Waals surface area (Å²) in [4.78, 5) is 20.1. The lowest BCUT2D eigenvalue weighted by atomic mass is 9.83. The quantitative estimate of drug-likeness (QED) is 0.512. The van der Waals surface area contributed by atoms with Gasteiger partial charge in [-0.2, -0.15) is 0 Å². The fourth-order valence-electron chi connectivity index (χ4n) is 2.81. The van der Waals surface area contributed by atoms with E-state index in [1.165, 1.54) is 11.8 Å². The molecule has 24 heavy (non-hydrogen) atoms. The van der Waals surface area contributed by atoms with Crippen LogP contribution in [0.4, 0.5) is 4.79 Å². The summed E-state index contributed by atoms with van der Waals surface area (Å²) >= 11 is 7.06. The van der Waals surface area contributed by atoms with E-state index in [9.17, 15) is 4.79 Å².